The molecule has 0 heterocycles. The van der Waals surface area contributed by atoms with Gasteiger partial charge in [-0.3, -0.25) is 0 Å². The molecule has 0 radical (unpaired) electrons. The molecule has 0 N–H and O–H groups in total. The zero-order valence-corrected chi connectivity index (χ0v) is 16.9. The second-order valence-electron chi connectivity index (χ2n) is 2.88. The monoisotopic (exact) mass is 399 g/mol. The summed E-state index contributed by atoms with van der Waals surface area (Å²) < 4.78 is 23.8. The smallest absolute Gasteiger partial charge is 4.00 e. The molecule has 1 aliphatic carbocycles. The molecular formula is C11H23F2GeN3Zr. The van der Waals surface area contributed by atoms with Gasteiger partial charge in [0.15, 0.2) is 0 Å². The second kappa shape index (κ2) is 26.3. The van der Waals surface area contributed by atoms with Gasteiger partial charge in [0.2, 0.25) is 0 Å². The summed E-state index contributed by atoms with van der Waals surface area (Å²) in [6.07, 6.45) is 6.39. The van der Waals surface area contributed by atoms with E-state index >= 15 is 0 Å². The van der Waals surface area contributed by atoms with Crippen LogP contribution in [-0.2, 0) is 26.2 Å². The van der Waals surface area contributed by atoms with Crippen molar-refractivity contribution in [3.63, 3.8) is 0 Å². The average Bonchev–Trinajstić information content (AvgIpc) is 2.73. The topological polar surface area (TPSA) is 42.3 Å². The van der Waals surface area contributed by atoms with E-state index in [9.17, 15) is 7.00 Å². The fourth-order valence-electron chi connectivity index (χ4n) is 0.571. The first kappa shape index (κ1) is 27.1. The Morgan fingerprint density at radius 1 is 1.00 bits per heavy atom. The third-order valence-corrected chi connectivity index (χ3v) is 2.78. The van der Waals surface area contributed by atoms with Crippen molar-refractivity contribution in [1.82, 2.24) is 0 Å². The molecule has 0 aromatic rings. The van der Waals surface area contributed by atoms with Crippen LogP contribution in [0.4, 0.5) is 7.00 Å². The maximum Gasteiger partial charge on any atom is 4.00 e. The zero-order valence-electron chi connectivity index (χ0n) is 12.0. The Balaban J connectivity index is -0.0000000840. The van der Waals surface area contributed by atoms with Crippen molar-refractivity contribution >= 4 is 15.3 Å². The van der Waals surface area contributed by atoms with Gasteiger partial charge in [0.25, 0.3) is 0 Å². The molecule has 1 rings (SSSR count). The maximum atomic E-state index is 11.8. The Kier molecular flexibility index (Phi) is 39.5. The molecule has 0 saturated carbocycles. The van der Waals surface area contributed by atoms with E-state index < -0.39 is 15.3 Å². The van der Waals surface area contributed by atoms with Gasteiger partial charge in [-0.25, -0.2) is 0 Å². The van der Waals surface area contributed by atoms with E-state index in [0.29, 0.717) is 6.42 Å². The van der Waals surface area contributed by atoms with Gasteiger partial charge in [-0.1, -0.05) is 0 Å². The predicted octanol–water partition coefficient (Wildman–Crippen LogP) is 3.23. The first-order valence-corrected chi connectivity index (χ1v) is 8.08. The van der Waals surface area contributed by atoms with Gasteiger partial charge in [-0.2, -0.15) is 42.3 Å². The Morgan fingerprint density at radius 2 is 1.33 bits per heavy atom. The van der Waals surface area contributed by atoms with E-state index in [2.05, 4.69) is 22.0 Å². The fourth-order valence-corrected chi connectivity index (χ4v) is 1.73. The van der Waals surface area contributed by atoms with E-state index in [1.54, 1.807) is 48.4 Å². The molecule has 18 heavy (non-hydrogen) atoms. The number of nitrogens with zero attached hydrogens (tertiary/aromatic N) is 3. The Bertz CT molecular complexity index is 186. The Morgan fingerprint density at radius 3 is 1.44 bits per heavy atom. The van der Waals surface area contributed by atoms with Crippen molar-refractivity contribution in [1.29, 1.82) is 0 Å². The summed E-state index contributed by atoms with van der Waals surface area (Å²) in [4.78, 5) is 0. The quantitative estimate of drug-likeness (QED) is 0.480. The summed E-state index contributed by atoms with van der Waals surface area (Å²) in [6, 6.07) is 0. The number of halogens is 2. The van der Waals surface area contributed by atoms with Crippen molar-refractivity contribution in [3.05, 3.63) is 38.6 Å². The average molecular weight is 399 g/mol. The molecule has 0 unspecified atom stereocenters. The molecule has 1 aliphatic rings. The minimum absolute atomic E-state index is 0. The van der Waals surface area contributed by atoms with Crippen LogP contribution in [0.3, 0.4) is 0 Å². The maximum absolute atomic E-state index is 11.8. The first-order valence-electron chi connectivity index (χ1n) is 5.04. The van der Waals surface area contributed by atoms with Crippen LogP contribution in [0.1, 0.15) is 6.42 Å². The summed E-state index contributed by atoms with van der Waals surface area (Å²) in [5, 5.41) is 10.5. The third-order valence-electron chi connectivity index (χ3n) is 0.957. The number of hydrogen-bond donors (Lipinski definition) is 0. The van der Waals surface area contributed by atoms with E-state index in [1.807, 2.05) is 0 Å². The molecule has 0 aromatic heterocycles. The summed E-state index contributed by atoms with van der Waals surface area (Å²) >= 11 is -3.91. The van der Waals surface area contributed by atoms with Gasteiger partial charge >= 0.3 is 77.5 Å². The largest absolute Gasteiger partial charge is 4.00 e. The molecule has 0 bridgehead atoms. The van der Waals surface area contributed by atoms with E-state index in [1.165, 1.54) is 6.08 Å². The van der Waals surface area contributed by atoms with Crippen LogP contribution < -0.4 is 0 Å². The summed E-state index contributed by atoms with van der Waals surface area (Å²) in [6.45, 7) is 0. The van der Waals surface area contributed by atoms with Crippen LogP contribution in [0.15, 0.2) is 16.6 Å². The van der Waals surface area contributed by atoms with E-state index in [0.717, 1.165) is 0 Å². The van der Waals surface area contributed by atoms with Crippen molar-refractivity contribution in [2.24, 2.45) is 0 Å². The third kappa shape index (κ3) is 30.0. The summed E-state index contributed by atoms with van der Waals surface area (Å²) in [5.41, 5.74) is 0. The van der Waals surface area contributed by atoms with Crippen LogP contribution in [0.5, 0.6) is 0 Å². The van der Waals surface area contributed by atoms with Gasteiger partial charge in [0.05, 0.1) is 0 Å². The molecule has 0 aromatic carbocycles. The zero-order chi connectivity index (χ0) is 14.1. The van der Waals surface area contributed by atoms with Crippen LogP contribution in [0.25, 0.3) is 16.0 Å². The molecule has 7 heteroatoms. The van der Waals surface area contributed by atoms with Gasteiger partial charge in [-0.15, -0.1) is 0 Å². The number of rotatable bonds is 1. The fraction of sp³-hybridized carbons (Fsp3) is 0.636. The van der Waals surface area contributed by atoms with Gasteiger partial charge in [0.1, 0.15) is 0 Å². The second-order valence-corrected chi connectivity index (χ2v) is 5.45. The minimum Gasteiger partial charge on any atom is 4.00 e. The molecule has 0 fully saturated rings. The molecular weight excluding hydrogens is 376 g/mol. The van der Waals surface area contributed by atoms with E-state index in [4.69, 9.17) is 0 Å². The summed E-state index contributed by atoms with van der Waals surface area (Å²) in [7, 11) is 10.5. The molecule has 0 amide bonds. The SMILES string of the molecule is C[N-]C.C[N-]C.C[N-]C.[F][GeH]([F])[C]1=[C-]CC=C1.[Zr+4]. The Labute approximate surface area is 135 Å². The van der Waals surface area contributed by atoms with E-state index in [-0.39, 0.29) is 30.6 Å². The van der Waals surface area contributed by atoms with Crippen LogP contribution in [0, 0.1) is 6.08 Å². The van der Waals surface area contributed by atoms with Gasteiger partial charge < -0.3 is 16.0 Å². The summed E-state index contributed by atoms with van der Waals surface area (Å²) in [5.74, 6) is 0. The van der Waals surface area contributed by atoms with Crippen LogP contribution >= 0.6 is 0 Å². The molecule has 0 aliphatic heterocycles. The van der Waals surface area contributed by atoms with Crippen molar-refractivity contribution in [2.45, 2.75) is 6.42 Å². The van der Waals surface area contributed by atoms with Crippen molar-refractivity contribution < 1.29 is 33.2 Å². The molecule has 0 saturated heterocycles. The minimum atomic E-state index is -3.91. The van der Waals surface area contributed by atoms with Crippen LogP contribution in [-0.4, -0.2) is 57.6 Å². The van der Waals surface area contributed by atoms with Crippen molar-refractivity contribution in [2.75, 3.05) is 42.3 Å². The molecule has 3 nitrogen and oxygen atoms in total. The number of hydrogen-bond acceptors (Lipinski definition) is 0. The molecule has 104 valence electrons. The van der Waals surface area contributed by atoms with Crippen LogP contribution in [0.2, 0.25) is 0 Å². The predicted molar refractivity (Wildman–Crippen MR) is 75.5 cm³/mol. The number of allylic oxidation sites excluding steroid dienone is 4. The van der Waals surface area contributed by atoms with Crippen molar-refractivity contribution in [3.8, 4) is 0 Å². The van der Waals surface area contributed by atoms with Gasteiger partial charge in [0, 0.05) is 0 Å². The molecule has 0 spiro atoms. The van der Waals surface area contributed by atoms with Gasteiger partial charge in [-0.05, 0) is 0 Å². The standard InChI is InChI=1S/C5H5F2Ge.3C2H6N.Zr/c6-8(7)5-3-1-2-4-5;3*1-3-2;/h1,3,8H,2H2;3*1-2H3;/q4*-1;+4. The molecule has 0 atom stereocenters. The first-order chi connectivity index (χ1) is 8.05. The normalized spacial score (nSPS) is 10.8. The Hall–Kier alpha value is 0.646.